The smallest absolute Gasteiger partial charge is 0.248 e. The van der Waals surface area contributed by atoms with Crippen LogP contribution in [0.5, 0.6) is 0 Å². The molecule has 0 radical (unpaired) electrons. The van der Waals surface area contributed by atoms with Crippen LogP contribution in [0.3, 0.4) is 0 Å². The van der Waals surface area contributed by atoms with E-state index in [1.54, 1.807) is 0 Å². The van der Waals surface area contributed by atoms with Crippen molar-refractivity contribution in [3.8, 4) is 0 Å². The van der Waals surface area contributed by atoms with E-state index in [1.165, 1.54) is 0 Å². The predicted octanol–water partition coefficient (Wildman–Crippen LogP) is 2.95. The molecule has 1 saturated carbocycles. The number of carbonyl (C=O) groups excluding carboxylic acids is 1. The van der Waals surface area contributed by atoms with Gasteiger partial charge in [0.05, 0.1) is 0 Å². The standard InChI is InChI=1S/C11H18ClF2NO/c1-2-9(7-12)15-10(16)8-3-5-11(13,14)6-4-8/h8-9H,2-7H2,1H3,(H,15,16). The average Bonchev–Trinajstić information content (AvgIpc) is 2.25. The maximum atomic E-state index is 12.9. The van der Waals surface area contributed by atoms with E-state index >= 15 is 0 Å². The van der Waals surface area contributed by atoms with Crippen LogP contribution in [0, 0.1) is 5.92 Å². The molecule has 1 aliphatic rings. The molecular formula is C11H18ClF2NO. The number of halogens is 3. The summed E-state index contributed by atoms with van der Waals surface area (Å²) < 4.78 is 25.8. The van der Waals surface area contributed by atoms with Crippen molar-refractivity contribution in [3.63, 3.8) is 0 Å². The van der Waals surface area contributed by atoms with Crippen LogP contribution in [0.25, 0.3) is 0 Å². The molecule has 0 heterocycles. The summed E-state index contributed by atoms with van der Waals surface area (Å²) in [7, 11) is 0. The fourth-order valence-electron chi connectivity index (χ4n) is 1.87. The summed E-state index contributed by atoms with van der Waals surface area (Å²) in [6.45, 7) is 1.93. The van der Waals surface area contributed by atoms with Crippen molar-refractivity contribution in [2.24, 2.45) is 5.92 Å². The van der Waals surface area contributed by atoms with E-state index in [9.17, 15) is 13.6 Å². The van der Waals surface area contributed by atoms with Gasteiger partial charge in [-0.1, -0.05) is 6.92 Å². The van der Waals surface area contributed by atoms with Crippen LogP contribution in [0.15, 0.2) is 0 Å². The molecule has 1 fully saturated rings. The van der Waals surface area contributed by atoms with E-state index in [1.807, 2.05) is 6.92 Å². The van der Waals surface area contributed by atoms with Gasteiger partial charge in [-0.15, -0.1) is 11.6 Å². The number of hydrogen-bond acceptors (Lipinski definition) is 1. The van der Waals surface area contributed by atoms with Crippen molar-refractivity contribution >= 4 is 17.5 Å². The Labute approximate surface area is 99.7 Å². The number of alkyl halides is 3. The molecule has 1 N–H and O–H groups in total. The Balaban J connectivity index is 2.38. The first-order valence-corrected chi connectivity index (χ1v) is 6.26. The summed E-state index contributed by atoms with van der Waals surface area (Å²) in [6, 6.07) is -0.0448. The molecular weight excluding hydrogens is 236 g/mol. The van der Waals surface area contributed by atoms with Crippen LogP contribution in [0.4, 0.5) is 8.78 Å². The van der Waals surface area contributed by atoms with E-state index in [0.29, 0.717) is 5.88 Å². The van der Waals surface area contributed by atoms with Crippen molar-refractivity contribution in [1.29, 1.82) is 0 Å². The molecule has 0 aliphatic heterocycles. The topological polar surface area (TPSA) is 29.1 Å². The molecule has 1 amide bonds. The van der Waals surface area contributed by atoms with Crippen LogP contribution >= 0.6 is 11.6 Å². The molecule has 0 saturated heterocycles. The molecule has 0 aromatic rings. The first-order chi connectivity index (χ1) is 7.48. The normalized spacial score (nSPS) is 22.8. The maximum absolute atomic E-state index is 12.9. The highest BCUT2D eigenvalue weighted by atomic mass is 35.5. The fraction of sp³-hybridized carbons (Fsp3) is 0.909. The van der Waals surface area contributed by atoms with Crippen molar-refractivity contribution in [3.05, 3.63) is 0 Å². The molecule has 1 atom stereocenters. The van der Waals surface area contributed by atoms with Gasteiger partial charge in [0, 0.05) is 30.7 Å². The third-order valence-electron chi connectivity index (χ3n) is 3.11. The largest absolute Gasteiger partial charge is 0.352 e. The van der Waals surface area contributed by atoms with Crippen molar-refractivity contribution in [2.45, 2.75) is 51.0 Å². The molecule has 0 bridgehead atoms. The second-order valence-electron chi connectivity index (χ2n) is 4.40. The average molecular weight is 254 g/mol. The van der Waals surface area contributed by atoms with Gasteiger partial charge in [-0.2, -0.15) is 0 Å². The third kappa shape index (κ3) is 3.89. The maximum Gasteiger partial charge on any atom is 0.248 e. The van der Waals surface area contributed by atoms with Gasteiger partial charge in [0.1, 0.15) is 0 Å². The Morgan fingerprint density at radius 2 is 2.06 bits per heavy atom. The second kappa shape index (κ2) is 5.80. The zero-order valence-electron chi connectivity index (χ0n) is 9.44. The quantitative estimate of drug-likeness (QED) is 0.767. The van der Waals surface area contributed by atoms with Gasteiger partial charge < -0.3 is 5.32 Å². The van der Waals surface area contributed by atoms with Gasteiger partial charge in [0.2, 0.25) is 11.8 Å². The zero-order valence-corrected chi connectivity index (χ0v) is 10.2. The summed E-state index contributed by atoms with van der Waals surface area (Å²) in [5, 5.41) is 2.80. The van der Waals surface area contributed by atoms with Gasteiger partial charge in [0.25, 0.3) is 0 Å². The van der Waals surface area contributed by atoms with E-state index in [-0.39, 0.29) is 43.6 Å². The van der Waals surface area contributed by atoms with Gasteiger partial charge >= 0.3 is 0 Å². The number of hydrogen-bond donors (Lipinski definition) is 1. The molecule has 94 valence electrons. The summed E-state index contributed by atoms with van der Waals surface area (Å²) in [4.78, 5) is 11.7. The van der Waals surface area contributed by atoms with E-state index < -0.39 is 5.92 Å². The molecule has 1 rings (SSSR count). The molecule has 2 nitrogen and oxygen atoms in total. The highest BCUT2D eigenvalue weighted by Gasteiger charge is 2.37. The molecule has 0 aromatic heterocycles. The zero-order chi connectivity index (χ0) is 12.2. The Hall–Kier alpha value is -0.380. The summed E-state index contributed by atoms with van der Waals surface area (Å²) in [6.07, 6.45) is 0.957. The molecule has 0 spiro atoms. The van der Waals surface area contributed by atoms with Crippen molar-refractivity contribution in [1.82, 2.24) is 5.32 Å². The number of rotatable bonds is 4. The molecule has 1 unspecified atom stereocenters. The van der Waals surface area contributed by atoms with Crippen molar-refractivity contribution < 1.29 is 13.6 Å². The first kappa shape index (κ1) is 13.7. The van der Waals surface area contributed by atoms with Crippen LogP contribution in [-0.4, -0.2) is 23.8 Å². The number of carbonyl (C=O) groups is 1. The minimum atomic E-state index is -2.58. The molecule has 5 heteroatoms. The highest BCUT2D eigenvalue weighted by Crippen LogP contribution is 2.36. The Morgan fingerprint density at radius 1 is 1.50 bits per heavy atom. The Morgan fingerprint density at radius 3 is 2.50 bits per heavy atom. The van der Waals surface area contributed by atoms with E-state index in [4.69, 9.17) is 11.6 Å². The van der Waals surface area contributed by atoms with Gasteiger partial charge in [-0.3, -0.25) is 4.79 Å². The fourth-order valence-corrected chi connectivity index (χ4v) is 2.17. The monoisotopic (exact) mass is 253 g/mol. The predicted molar refractivity (Wildman–Crippen MR) is 59.8 cm³/mol. The lowest BCUT2D eigenvalue weighted by Gasteiger charge is -2.28. The van der Waals surface area contributed by atoms with Crippen LogP contribution in [0.2, 0.25) is 0 Å². The van der Waals surface area contributed by atoms with Gasteiger partial charge in [-0.25, -0.2) is 8.78 Å². The first-order valence-electron chi connectivity index (χ1n) is 5.72. The van der Waals surface area contributed by atoms with Crippen LogP contribution in [-0.2, 0) is 4.79 Å². The number of nitrogens with one attached hydrogen (secondary N) is 1. The number of amides is 1. The molecule has 1 aliphatic carbocycles. The lowest BCUT2D eigenvalue weighted by Crippen LogP contribution is -2.41. The summed E-state index contributed by atoms with van der Waals surface area (Å²) in [5.74, 6) is -2.60. The molecule has 16 heavy (non-hydrogen) atoms. The second-order valence-corrected chi connectivity index (χ2v) is 4.71. The highest BCUT2D eigenvalue weighted by molar-refractivity contribution is 6.18. The van der Waals surface area contributed by atoms with E-state index in [0.717, 1.165) is 6.42 Å². The Bertz CT molecular complexity index is 234. The third-order valence-corrected chi connectivity index (χ3v) is 3.49. The van der Waals surface area contributed by atoms with Crippen LogP contribution < -0.4 is 5.32 Å². The SMILES string of the molecule is CCC(CCl)NC(=O)C1CCC(F)(F)CC1. The van der Waals surface area contributed by atoms with E-state index in [2.05, 4.69) is 5.32 Å². The van der Waals surface area contributed by atoms with Gasteiger partial charge in [-0.05, 0) is 19.3 Å². The van der Waals surface area contributed by atoms with Crippen molar-refractivity contribution in [2.75, 3.05) is 5.88 Å². The van der Waals surface area contributed by atoms with Crippen LogP contribution in [0.1, 0.15) is 39.0 Å². The summed E-state index contributed by atoms with van der Waals surface area (Å²) >= 11 is 5.66. The minimum Gasteiger partial charge on any atom is -0.352 e. The summed E-state index contributed by atoms with van der Waals surface area (Å²) in [5.41, 5.74) is 0. The molecule has 0 aromatic carbocycles. The lowest BCUT2D eigenvalue weighted by atomic mass is 9.86. The lowest BCUT2D eigenvalue weighted by molar-refractivity contribution is -0.129. The van der Waals surface area contributed by atoms with Gasteiger partial charge in [0.15, 0.2) is 0 Å². The minimum absolute atomic E-state index is 0.0448. The Kier molecular flexibility index (Phi) is 4.96.